The van der Waals surface area contributed by atoms with Gasteiger partial charge in [0, 0.05) is 25.7 Å². The number of likely N-dealkylation sites (N-methyl/N-ethyl adjacent to an activating group) is 3. The minimum atomic E-state index is 0.401. The van der Waals surface area contributed by atoms with E-state index in [0.29, 0.717) is 6.04 Å². The zero-order chi connectivity index (χ0) is 13.5. The van der Waals surface area contributed by atoms with Crippen LogP contribution in [0.25, 0.3) is 0 Å². The molecule has 1 rings (SSSR count). The lowest BCUT2D eigenvalue weighted by molar-refractivity contribution is 0.260. The third kappa shape index (κ3) is 4.77. The van der Waals surface area contributed by atoms with Crippen LogP contribution in [0.2, 0.25) is 0 Å². The summed E-state index contributed by atoms with van der Waals surface area (Å²) in [6, 6.07) is 9.02. The van der Waals surface area contributed by atoms with Crippen LogP contribution >= 0.6 is 0 Å². The van der Waals surface area contributed by atoms with Crippen LogP contribution in [0.1, 0.15) is 17.2 Å². The van der Waals surface area contributed by atoms with Gasteiger partial charge in [-0.3, -0.25) is 0 Å². The number of hydrogen-bond donors (Lipinski definition) is 1. The van der Waals surface area contributed by atoms with Gasteiger partial charge in [-0.05, 0) is 46.2 Å². The maximum atomic E-state index is 3.42. The lowest BCUT2D eigenvalue weighted by Gasteiger charge is -2.26. The molecule has 0 saturated heterocycles. The maximum Gasteiger partial charge on any atom is 0.0449 e. The van der Waals surface area contributed by atoms with Gasteiger partial charge in [0.25, 0.3) is 0 Å². The van der Waals surface area contributed by atoms with Crippen molar-refractivity contribution in [2.45, 2.75) is 13.0 Å². The van der Waals surface area contributed by atoms with Crippen molar-refractivity contribution in [3.8, 4) is 0 Å². The molecule has 0 spiro atoms. The Bertz CT molecular complexity index is 349. The van der Waals surface area contributed by atoms with Gasteiger partial charge >= 0.3 is 0 Å². The zero-order valence-corrected chi connectivity index (χ0v) is 12.4. The summed E-state index contributed by atoms with van der Waals surface area (Å²) in [6.07, 6.45) is 0. The molecule has 1 unspecified atom stereocenters. The van der Waals surface area contributed by atoms with Crippen molar-refractivity contribution in [2.75, 3.05) is 47.8 Å². The molecule has 1 atom stereocenters. The highest BCUT2D eigenvalue weighted by molar-refractivity contribution is 5.28. The maximum absolute atomic E-state index is 3.42. The number of benzene rings is 1. The second kappa shape index (κ2) is 7.52. The van der Waals surface area contributed by atoms with Crippen LogP contribution in [0.4, 0.5) is 0 Å². The summed E-state index contributed by atoms with van der Waals surface area (Å²) >= 11 is 0. The van der Waals surface area contributed by atoms with E-state index in [2.05, 4.69) is 67.4 Å². The molecule has 0 fully saturated rings. The Morgan fingerprint density at radius 1 is 1.11 bits per heavy atom. The fraction of sp³-hybridized carbons (Fsp3) is 0.600. The number of nitrogens with zero attached hydrogens (tertiary/aromatic N) is 2. The highest BCUT2D eigenvalue weighted by Gasteiger charge is 2.13. The van der Waals surface area contributed by atoms with E-state index >= 15 is 0 Å². The standard InChI is InChI=1S/C15H27N3/c1-13-8-6-7-9-14(13)15(16-2)12-18(5)11-10-17(3)4/h6-9,15-16H,10-12H2,1-5H3. The van der Waals surface area contributed by atoms with Crippen LogP contribution in [0.15, 0.2) is 24.3 Å². The third-order valence-electron chi connectivity index (χ3n) is 3.34. The molecule has 0 saturated carbocycles. The number of rotatable bonds is 7. The molecular formula is C15H27N3. The molecular weight excluding hydrogens is 222 g/mol. The Hall–Kier alpha value is -0.900. The first kappa shape index (κ1) is 15.2. The average molecular weight is 249 g/mol. The molecule has 1 N–H and O–H groups in total. The Labute approximate surface area is 112 Å². The van der Waals surface area contributed by atoms with Crippen LogP contribution in [0, 0.1) is 6.92 Å². The molecule has 1 aromatic carbocycles. The first-order valence-electron chi connectivity index (χ1n) is 6.60. The fourth-order valence-electron chi connectivity index (χ4n) is 2.10. The highest BCUT2D eigenvalue weighted by Crippen LogP contribution is 2.17. The minimum Gasteiger partial charge on any atom is -0.312 e. The van der Waals surface area contributed by atoms with Gasteiger partial charge in [0.15, 0.2) is 0 Å². The van der Waals surface area contributed by atoms with Crippen LogP contribution in [0.3, 0.4) is 0 Å². The van der Waals surface area contributed by atoms with Gasteiger partial charge in [0.2, 0.25) is 0 Å². The first-order valence-corrected chi connectivity index (χ1v) is 6.60. The largest absolute Gasteiger partial charge is 0.312 e. The lowest BCUT2D eigenvalue weighted by Crippen LogP contribution is -2.35. The second-order valence-corrected chi connectivity index (χ2v) is 5.26. The molecule has 0 aliphatic carbocycles. The predicted octanol–water partition coefficient (Wildman–Crippen LogP) is 1.75. The molecule has 0 aliphatic heterocycles. The average Bonchev–Trinajstić information content (AvgIpc) is 2.34. The SMILES string of the molecule is CNC(CN(C)CCN(C)C)c1ccccc1C. The van der Waals surface area contributed by atoms with Crippen molar-refractivity contribution >= 4 is 0 Å². The third-order valence-corrected chi connectivity index (χ3v) is 3.34. The number of nitrogens with one attached hydrogen (secondary N) is 1. The van der Waals surface area contributed by atoms with Gasteiger partial charge < -0.3 is 15.1 Å². The molecule has 0 heterocycles. The van der Waals surface area contributed by atoms with E-state index in [1.165, 1.54) is 11.1 Å². The Morgan fingerprint density at radius 2 is 1.78 bits per heavy atom. The molecule has 102 valence electrons. The Morgan fingerprint density at radius 3 is 2.33 bits per heavy atom. The molecule has 0 amide bonds. The summed E-state index contributed by atoms with van der Waals surface area (Å²) in [5, 5.41) is 3.42. The molecule has 3 nitrogen and oxygen atoms in total. The van der Waals surface area contributed by atoms with E-state index in [-0.39, 0.29) is 0 Å². The van der Waals surface area contributed by atoms with Crippen molar-refractivity contribution in [1.29, 1.82) is 0 Å². The Kier molecular flexibility index (Phi) is 6.33. The van der Waals surface area contributed by atoms with E-state index in [1.807, 2.05) is 7.05 Å². The van der Waals surface area contributed by atoms with Gasteiger partial charge in [-0.15, -0.1) is 0 Å². The van der Waals surface area contributed by atoms with Gasteiger partial charge in [0.1, 0.15) is 0 Å². The summed E-state index contributed by atoms with van der Waals surface area (Å²) in [5.41, 5.74) is 2.76. The molecule has 0 aliphatic rings. The highest BCUT2D eigenvalue weighted by atomic mass is 15.2. The number of aryl methyl sites for hydroxylation is 1. The molecule has 18 heavy (non-hydrogen) atoms. The first-order chi connectivity index (χ1) is 8.54. The van der Waals surface area contributed by atoms with E-state index in [9.17, 15) is 0 Å². The molecule has 0 bridgehead atoms. The smallest absolute Gasteiger partial charge is 0.0449 e. The summed E-state index contributed by atoms with van der Waals surface area (Å²) in [5.74, 6) is 0. The fourth-order valence-corrected chi connectivity index (χ4v) is 2.10. The zero-order valence-electron chi connectivity index (χ0n) is 12.4. The number of hydrogen-bond acceptors (Lipinski definition) is 3. The van der Waals surface area contributed by atoms with E-state index in [1.54, 1.807) is 0 Å². The summed E-state index contributed by atoms with van der Waals surface area (Å²) in [6.45, 7) is 5.41. The van der Waals surface area contributed by atoms with Crippen LogP contribution in [-0.2, 0) is 0 Å². The van der Waals surface area contributed by atoms with Crippen LogP contribution in [-0.4, -0.2) is 57.6 Å². The van der Waals surface area contributed by atoms with Crippen LogP contribution in [0.5, 0.6) is 0 Å². The van der Waals surface area contributed by atoms with E-state index in [4.69, 9.17) is 0 Å². The molecule has 0 radical (unpaired) electrons. The van der Waals surface area contributed by atoms with E-state index in [0.717, 1.165) is 19.6 Å². The van der Waals surface area contributed by atoms with Crippen LogP contribution < -0.4 is 5.32 Å². The monoisotopic (exact) mass is 249 g/mol. The minimum absolute atomic E-state index is 0.401. The van der Waals surface area contributed by atoms with Gasteiger partial charge in [-0.2, -0.15) is 0 Å². The van der Waals surface area contributed by atoms with Crippen molar-refractivity contribution in [2.24, 2.45) is 0 Å². The van der Waals surface area contributed by atoms with Crippen molar-refractivity contribution in [3.63, 3.8) is 0 Å². The van der Waals surface area contributed by atoms with Gasteiger partial charge in [0.05, 0.1) is 0 Å². The molecule has 3 heteroatoms. The Balaban J connectivity index is 2.59. The van der Waals surface area contributed by atoms with Gasteiger partial charge in [-0.25, -0.2) is 0 Å². The molecule has 1 aromatic rings. The van der Waals surface area contributed by atoms with Crippen molar-refractivity contribution < 1.29 is 0 Å². The molecule has 0 aromatic heterocycles. The predicted molar refractivity (Wildman–Crippen MR) is 79.0 cm³/mol. The van der Waals surface area contributed by atoms with Crippen molar-refractivity contribution in [3.05, 3.63) is 35.4 Å². The topological polar surface area (TPSA) is 18.5 Å². The summed E-state index contributed by atoms with van der Waals surface area (Å²) in [4.78, 5) is 4.60. The van der Waals surface area contributed by atoms with E-state index < -0.39 is 0 Å². The quantitative estimate of drug-likeness (QED) is 0.794. The summed E-state index contributed by atoms with van der Waals surface area (Å²) < 4.78 is 0. The normalized spacial score (nSPS) is 13.3. The second-order valence-electron chi connectivity index (χ2n) is 5.26. The summed E-state index contributed by atoms with van der Waals surface area (Å²) in [7, 11) is 8.46. The van der Waals surface area contributed by atoms with Gasteiger partial charge in [-0.1, -0.05) is 24.3 Å². The van der Waals surface area contributed by atoms with Crippen molar-refractivity contribution in [1.82, 2.24) is 15.1 Å². The lowest BCUT2D eigenvalue weighted by atomic mass is 10.0.